The van der Waals surface area contributed by atoms with Gasteiger partial charge < -0.3 is 14.5 Å². The van der Waals surface area contributed by atoms with Gasteiger partial charge in [0.2, 0.25) is 11.8 Å². The van der Waals surface area contributed by atoms with E-state index in [9.17, 15) is 9.59 Å². The zero-order chi connectivity index (χ0) is 20.3. The van der Waals surface area contributed by atoms with Crippen LogP contribution >= 0.6 is 11.6 Å². The van der Waals surface area contributed by atoms with Gasteiger partial charge in [0.15, 0.2) is 0 Å². The van der Waals surface area contributed by atoms with E-state index in [1.54, 1.807) is 0 Å². The van der Waals surface area contributed by atoms with Gasteiger partial charge in [-0.2, -0.15) is 0 Å². The summed E-state index contributed by atoms with van der Waals surface area (Å²) < 4.78 is 5.57. The average molecular weight is 405 g/mol. The molecule has 0 bridgehead atoms. The Balaban J connectivity index is 1.88. The molecule has 152 valence electrons. The number of benzene rings is 1. The molecule has 2 fully saturated rings. The monoisotopic (exact) mass is 404 g/mol. The molecule has 28 heavy (non-hydrogen) atoms. The van der Waals surface area contributed by atoms with Crippen molar-refractivity contribution in [1.29, 1.82) is 0 Å². The summed E-state index contributed by atoms with van der Waals surface area (Å²) in [6.45, 7) is 10.6. The molecular formula is C22H29ClN2O3. The zero-order valence-corrected chi connectivity index (χ0v) is 17.5. The highest BCUT2D eigenvalue weighted by Gasteiger charge is 2.46. The largest absolute Gasteiger partial charge is 0.381 e. The van der Waals surface area contributed by atoms with Crippen LogP contribution in [-0.4, -0.2) is 60.5 Å². The molecule has 2 saturated heterocycles. The second-order valence-electron chi connectivity index (χ2n) is 8.00. The third kappa shape index (κ3) is 3.96. The molecule has 2 aliphatic rings. The van der Waals surface area contributed by atoms with E-state index in [0.29, 0.717) is 50.7 Å². The van der Waals surface area contributed by atoms with Crippen molar-refractivity contribution < 1.29 is 14.3 Å². The molecule has 2 heterocycles. The van der Waals surface area contributed by atoms with Gasteiger partial charge in [-0.15, -0.1) is 0 Å². The van der Waals surface area contributed by atoms with E-state index < -0.39 is 5.41 Å². The Hall–Kier alpha value is -1.85. The quantitative estimate of drug-likeness (QED) is 0.723. The van der Waals surface area contributed by atoms with Gasteiger partial charge in [0, 0.05) is 37.9 Å². The number of hydrogen-bond donors (Lipinski definition) is 0. The Morgan fingerprint density at radius 1 is 1.21 bits per heavy atom. The van der Waals surface area contributed by atoms with E-state index in [0.717, 1.165) is 5.56 Å². The third-order valence-corrected chi connectivity index (χ3v) is 6.34. The van der Waals surface area contributed by atoms with Crippen LogP contribution in [0.1, 0.15) is 32.3 Å². The Labute approximate surface area is 172 Å². The van der Waals surface area contributed by atoms with E-state index >= 15 is 0 Å². The van der Waals surface area contributed by atoms with Crippen molar-refractivity contribution in [3.63, 3.8) is 0 Å². The van der Waals surface area contributed by atoms with E-state index in [1.165, 1.54) is 6.08 Å². The van der Waals surface area contributed by atoms with Crippen molar-refractivity contribution >= 4 is 23.4 Å². The van der Waals surface area contributed by atoms with Crippen LogP contribution < -0.4 is 0 Å². The number of carbonyl (C=O) groups excluding carboxylic acids is 2. The van der Waals surface area contributed by atoms with Crippen molar-refractivity contribution in [2.45, 2.75) is 38.1 Å². The maximum Gasteiger partial charge on any atom is 0.246 e. The van der Waals surface area contributed by atoms with E-state index in [4.69, 9.17) is 16.3 Å². The molecule has 0 aromatic heterocycles. The van der Waals surface area contributed by atoms with Gasteiger partial charge in [0.05, 0.1) is 11.5 Å². The van der Waals surface area contributed by atoms with Crippen LogP contribution in [0.2, 0.25) is 5.02 Å². The predicted molar refractivity (Wildman–Crippen MR) is 110 cm³/mol. The molecule has 0 unspecified atom stereocenters. The van der Waals surface area contributed by atoms with Gasteiger partial charge in [-0.1, -0.05) is 44.2 Å². The minimum absolute atomic E-state index is 0.00897. The maximum atomic E-state index is 13.8. The van der Waals surface area contributed by atoms with Gasteiger partial charge >= 0.3 is 0 Å². The minimum Gasteiger partial charge on any atom is -0.381 e. The first-order valence-corrected chi connectivity index (χ1v) is 10.3. The zero-order valence-electron chi connectivity index (χ0n) is 16.7. The molecule has 0 spiro atoms. The first kappa shape index (κ1) is 20.9. The van der Waals surface area contributed by atoms with Crippen LogP contribution in [0.4, 0.5) is 0 Å². The molecule has 6 heteroatoms. The first-order valence-electron chi connectivity index (χ1n) is 9.95. The molecule has 0 N–H and O–H groups in total. The lowest BCUT2D eigenvalue weighted by Crippen LogP contribution is -2.61. The van der Waals surface area contributed by atoms with Crippen molar-refractivity contribution in [3.05, 3.63) is 47.5 Å². The molecule has 5 nitrogen and oxygen atoms in total. The normalized spacial score (nSPS) is 22.2. The van der Waals surface area contributed by atoms with Gasteiger partial charge in [-0.05, 0) is 42.5 Å². The van der Waals surface area contributed by atoms with Gasteiger partial charge in [0.1, 0.15) is 0 Å². The topological polar surface area (TPSA) is 49.9 Å². The molecule has 1 atom stereocenters. The number of ether oxygens (including phenoxy) is 1. The van der Waals surface area contributed by atoms with E-state index in [2.05, 4.69) is 20.4 Å². The number of halogens is 1. The van der Waals surface area contributed by atoms with Crippen LogP contribution in [0.5, 0.6) is 0 Å². The van der Waals surface area contributed by atoms with Crippen molar-refractivity contribution in [2.75, 3.05) is 32.8 Å². The summed E-state index contributed by atoms with van der Waals surface area (Å²) in [4.78, 5) is 29.8. The Bertz CT molecular complexity index is 726. The van der Waals surface area contributed by atoms with E-state index in [1.807, 2.05) is 34.1 Å². The first-order chi connectivity index (χ1) is 13.4. The fraction of sp³-hybridized carbons (Fsp3) is 0.545. The van der Waals surface area contributed by atoms with Crippen LogP contribution in [0, 0.1) is 5.92 Å². The second kappa shape index (κ2) is 8.66. The number of carbonyl (C=O) groups is 2. The SMILES string of the molecule is C=CC(=O)N1CCN(C(=O)C2(c3ccc(Cl)cc3)CCOCC2)C[C@@H]1C(C)C. The number of amides is 2. The molecule has 1 aromatic rings. The van der Waals surface area contributed by atoms with Crippen LogP contribution in [0.3, 0.4) is 0 Å². The second-order valence-corrected chi connectivity index (χ2v) is 8.44. The van der Waals surface area contributed by atoms with Gasteiger partial charge in [-0.3, -0.25) is 9.59 Å². The highest BCUT2D eigenvalue weighted by atomic mass is 35.5. The maximum absolute atomic E-state index is 13.8. The van der Waals surface area contributed by atoms with Gasteiger partial charge in [0.25, 0.3) is 0 Å². The smallest absolute Gasteiger partial charge is 0.246 e. The predicted octanol–water partition coefficient (Wildman–Crippen LogP) is 3.27. The fourth-order valence-electron chi connectivity index (χ4n) is 4.37. The summed E-state index contributed by atoms with van der Waals surface area (Å²) >= 11 is 6.07. The van der Waals surface area contributed by atoms with Crippen LogP contribution in [0.15, 0.2) is 36.9 Å². The molecule has 0 aliphatic carbocycles. The standard InChI is InChI=1S/C22H29ClN2O3/c1-4-20(26)25-12-11-24(15-19(25)16(2)3)21(27)22(9-13-28-14-10-22)17-5-7-18(23)8-6-17/h4-8,16,19H,1,9-15H2,2-3H3/t19-/m1/s1. The van der Waals surface area contributed by atoms with Crippen LogP contribution in [0.25, 0.3) is 0 Å². The summed E-state index contributed by atoms with van der Waals surface area (Å²) in [6, 6.07) is 7.61. The summed E-state index contributed by atoms with van der Waals surface area (Å²) in [5, 5.41) is 0.662. The molecule has 1 aromatic carbocycles. The van der Waals surface area contributed by atoms with Crippen molar-refractivity contribution in [1.82, 2.24) is 9.80 Å². The summed E-state index contributed by atoms with van der Waals surface area (Å²) in [5.41, 5.74) is 0.408. The lowest BCUT2D eigenvalue weighted by atomic mass is 9.72. The fourth-order valence-corrected chi connectivity index (χ4v) is 4.50. The molecule has 0 radical (unpaired) electrons. The molecule has 2 amide bonds. The number of piperazine rings is 1. The third-order valence-electron chi connectivity index (χ3n) is 6.09. The van der Waals surface area contributed by atoms with Gasteiger partial charge in [-0.25, -0.2) is 0 Å². The molecule has 2 aliphatic heterocycles. The summed E-state index contributed by atoms with van der Waals surface area (Å²) in [7, 11) is 0. The highest BCUT2D eigenvalue weighted by Crippen LogP contribution is 2.38. The lowest BCUT2D eigenvalue weighted by Gasteiger charge is -2.47. The number of nitrogens with zero attached hydrogens (tertiary/aromatic N) is 2. The average Bonchev–Trinajstić information content (AvgIpc) is 2.73. The van der Waals surface area contributed by atoms with Crippen LogP contribution in [-0.2, 0) is 19.7 Å². The van der Waals surface area contributed by atoms with Crippen molar-refractivity contribution in [3.8, 4) is 0 Å². The lowest BCUT2D eigenvalue weighted by molar-refractivity contribution is -0.148. The van der Waals surface area contributed by atoms with Crippen molar-refractivity contribution in [2.24, 2.45) is 5.92 Å². The number of hydrogen-bond acceptors (Lipinski definition) is 3. The minimum atomic E-state index is -0.588. The summed E-state index contributed by atoms with van der Waals surface area (Å²) in [5.74, 6) is 0.319. The Kier molecular flexibility index (Phi) is 6.46. The summed E-state index contributed by atoms with van der Waals surface area (Å²) in [6.07, 6.45) is 2.68. The molecule has 0 saturated carbocycles. The number of rotatable bonds is 4. The molecule has 3 rings (SSSR count). The van der Waals surface area contributed by atoms with E-state index in [-0.39, 0.29) is 23.8 Å². The highest BCUT2D eigenvalue weighted by molar-refractivity contribution is 6.30. The molecular weight excluding hydrogens is 376 g/mol. The Morgan fingerprint density at radius 3 is 2.43 bits per heavy atom. The Morgan fingerprint density at radius 2 is 1.86 bits per heavy atom.